The number of benzene rings is 1. The fraction of sp³-hybridized carbons (Fsp3) is 0.667. The lowest BCUT2D eigenvalue weighted by molar-refractivity contribution is -0.140. The number of aryl methyl sites for hydroxylation is 1. The fourth-order valence-electron chi connectivity index (χ4n) is 6.36. The number of aliphatic hydroxyl groups is 1. The van der Waals surface area contributed by atoms with Gasteiger partial charge in [-0.15, -0.1) is 0 Å². The monoisotopic (exact) mass is 494 g/mol. The number of hydrogen-bond donors (Lipinski definition) is 1. The van der Waals surface area contributed by atoms with Gasteiger partial charge in [0.25, 0.3) is 0 Å². The summed E-state index contributed by atoms with van der Waals surface area (Å²) in [5, 5.41) is 9.80. The van der Waals surface area contributed by atoms with Crippen LogP contribution in [0.4, 0.5) is 0 Å². The highest BCUT2D eigenvalue weighted by Crippen LogP contribution is 2.42. The average Bonchev–Trinajstić information content (AvgIpc) is 2.91. The molecule has 2 aliphatic carbocycles. The summed E-state index contributed by atoms with van der Waals surface area (Å²) in [6.07, 6.45) is 19.5. The van der Waals surface area contributed by atoms with E-state index in [9.17, 15) is 9.90 Å². The molecule has 2 atom stereocenters. The molecule has 3 rings (SSSR count). The Morgan fingerprint density at radius 3 is 2.50 bits per heavy atom. The van der Waals surface area contributed by atoms with Gasteiger partial charge in [0.05, 0.1) is 6.61 Å². The molecule has 1 aromatic rings. The molecule has 200 valence electrons. The Hall–Kier alpha value is -1.87. The van der Waals surface area contributed by atoms with E-state index in [1.165, 1.54) is 92.9 Å². The largest absolute Gasteiger partial charge is 0.462 e. The van der Waals surface area contributed by atoms with Gasteiger partial charge >= 0.3 is 5.97 Å². The Bertz CT molecular complexity index is 875. The van der Waals surface area contributed by atoms with Gasteiger partial charge in [0.15, 0.2) is 0 Å². The molecule has 0 saturated heterocycles. The summed E-state index contributed by atoms with van der Waals surface area (Å²) in [6.45, 7) is 10.0. The molecule has 1 aromatic carbocycles. The topological polar surface area (TPSA) is 46.5 Å². The average molecular weight is 495 g/mol. The lowest BCUT2D eigenvalue weighted by Gasteiger charge is -2.36. The Labute approximate surface area is 220 Å². The maximum atomic E-state index is 11.7. The van der Waals surface area contributed by atoms with Gasteiger partial charge in [0.1, 0.15) is 0 Å². The van der Waals surface area contributed by atoms with Crippen molar-refractivity contribution >= 4 is 11.5 Å². The third-order valence-electron chi connectivity index (χ3n) is 8.70. The van der Waals surface area contributed by atoms with Gasteiger partial charge in [-0.3, -0.25) is 0 Å². The van der Waals surface area contributed by atoms with E-state index < -0.39 is 0 Å². The molecule has 2 unspecified atom stereocenters. The number of rotatable bonds is 13. The first-order chi connectivity index (χ1) is 17.4. The first-order valence-corrected chi connectivity index (χ1v) is 14.7. The van der Waals surface area contributed by atoms with Crippen molar-refractivity contribution in [2.45, 2.75) is 104 Å². The number of esters is 1. The lowest BCUT2D eigenvalue weighted by atomic mass is 9.70. The van der Waals surface area contributed by atoms with E-state index in [4.69, 9.17) is 4.74 Å². The highest BCUT2D eigenvalue weighted by Gasteiger charge is 2.29. The summed E-state index contributed by atoms with van der Waals surface area (Å²) in [5.74, 6) is 2.33. The number of carbonyl (C=O) groups excluding carboxylic acids is 1. The van der Waals surface area contributed by atoms with Gasteiger partial charge in [-0.25, -0.2) is 4.79 Å². The van der Waals surface area contributed by atoms with Crippen molar-refractivity contribution in [2.75, 3.05) is 13.2 Å². The Kier molecular flexibility index (Phi) is 11.8. The summed E-state index contributed by atoms with van der Waals surface area (Å²) in [5.41, 5.74) is 5.92. The van der Waals surface area contributed by atoms with Crippen molar-refractivity contribution < 1.29 is 14.6 Å². The highest BCUT2D eigenvalue weighted by molar-refractivity contribution is 5.86. The molecule has 3 nitrogen and oxygen atoms in total. The minimum Gasteiger partial charge on any atom is -0.462 e. The molecule has 0 bridgehead atoms. The summed E-state index contributed by atoms with van der Waals surface area (Å²) in [6, 6.07) is 6.78. The molecular formula is C33H50O3. The van der Waals surface area contributed by atoms with Crippen molar-refractivity contribution in [3.63, 3.8) is 0 Å². The zero-order valence-electron chi connectivity index (χ0n) is 23.2. The summed E-state index contributed by atoms with van der Waals surface area (Å²) < 4.78 is 5.28. The van der Waals surface area contributed by atoms with Gasteiger partial charge in [0, 0.05) is 18.1 Å². The SMILES string of the molecule is C=C(C)C(=O)OCC(CO)Cc1ccc(C2=CCC(C3CCC(CCCCC)CC3)CC2)c(CC)c1. The standard InChI is InChI=1S/C33H50O3/c1-5-7-8-9-25-10-13-29(14-11-25)30-15-17-31(18-16-30)32-19-12-26(21-28(32)6-2)20-27(22-34)23-36-33(35)24(3)4/h12,17,19,21,25,27,29-30,34H,3,5-11,13-16,18,20,22-23H2,1-2,4H3. The summed E-state index contributed by atoms with van der Waals surface area (Å²) in [4.78, 5) is 11.7. The molecule has 1 fully saturated rings. The molecular weight excluding hydrogens is 444 g/mol. The number of ether oxygens (including phenoxy) is 1. The Balaban J connectivity index is 1.54. The fourth-order valence-corrected chi connectivity index (χ4v) is 6.36. The highest BCUT2D eigenvalue weighted by atomic mass is 16.5. The van der Waals surface area contributed by atoms with Crippen LogP contribution in [0.5, 0.6) is 0 Å². The Morgan fingerprint density at radius 1 is 1.11 bits per heavy atom. The smallest absolute Gasteiger partial charge is 0.333 e. The number of carbonyl (C=O) groups is 1. The zero-order valence-corrected chi connectivity index (χ0v) is 23.2. The third kappa shape index (κ3) is 8.33. The van der Waals surface area contributed by atoms with Crippen LogP contribution in [-0.4, -0.2) is 24.3 Å². The van der Waals surface area contributed by atoms with Crippen LogP contribution in [0.15, 0.2) is 36.4 Å². The second kappa shape index (κ2) is 14.8. The van der Waals surface area contributed by atoms with Crippen molar-refractivity contribution in [3.05, 3.63) is 53.1 Å². The molecule has 1 saturated carbocycles. The lowest BCUT2D eigenvalue weighted by Crippen LogP contribution is -2.23. The predicted octanol–water partition coefficient (Wildman–Crippen LogP) is 8.09. The number of hydrogen-bond acceptors (Lipinski definition) is 3. The van der Waals surface area contributed by atoms with Crippen LogP contribution in [0.2, 0.25) is 0 Å². The van der Waals surface area contributed by atoms with Crippen LogP contribution in [0, 0.1) is 23.7 Å². The van der Waals surface area contributed by atoms with E-state index in [1.807, 2.05) is 0 Å². The molecule has 2 aliphatic rings. The van der Waals surface area contributed by atoms with Crippen LogP contribution in [0.3, 0.4) is 0 Å². The molecule has 0 aromatic heterocycles. The van der Waals surface area contributed by atoms with E-state index in [2.05, 4.69) is 44.7 Å². The van der Waals surface area contributed by atoms with Gasteiger partial charge in [-0.1, -0.05) is 83.2 Å². The minimum absolute atomic E-state index is 0.000124. The molecule has 1 N–H and O–H groups in total. The van der Waals surface area contributed by atoms with E-state index in [-0.39, 0.29) is 25.1 Å². The Morgan fingerprint density at radius 2 is 1.89 bits per heavy atom. The number of aliphatic hydroxyl groups excluding tert-OH is 1. The van der Waals surface area contributed by atoms with Crippen LogP contribution < -0.4 is 0 Å². The maximum Gasteiger partial charge on any atom is 0.333 e. The van der Waals surface area contributed by atoms with Crippen LogP contribution in [-0.2, 0) is 22.4 Å². The molecule has 3 heteroatoms. The van der Waals surface area contributed by atoms with Crippen molar-refractivity contribution in [1.82, 2.24) is 0 Å². The van der Waals surface area contributed by atoms with Crippen molar-refractivity contribution in [3.8, 4) is 0 Å². The van der Waals surface area contributed by atoms with E-state index in [1.54, 1.807) is 6.92 Å². The maximum absolute atomic E-state index is 11.7. The third-order valence-corrected chi connectivity index (χ3v) is 8.70. The second-order valence-electron chi connectivity index (χ2n) is 11.5. The first-order valence-electron chi connectivity index (χ1n) is 14.7. The van der Waals surface area contributed by atoms with Crippen molar-refractivity contribution in [2.24, 2.45) is 23.7 Å². The normalized spacial score (nSPS) is 23.1. The second-order valence-corrected chi connectivity index (χ2v) is 11.5. The van der Waals surface area contributed by atoms with Crippen LogP contribution in [0.25, 0.3) is 5.57 Å². The molecule has 36 heavy (non-hydrogen) atoms. The molecule has 0 radical (unpaired) electrons. The van der Waals surface area contributed by atoms with Gasteiger partial charge in [0.2, 0.25) is 0 Å². The molecule has 0 aliphatic heterocycles. The van der Waals surface area contributed by atoms with Gasteiger partial charge in [-0.05, 0) is 91.9 Å². The zero-order chi connectivity index (χ0) is 25.9. The summed E-state index contributed by atoms with van der Waals surface area (Å²) >= 11 is 0. The quantitative estimate of drug-likeness (QED) is 0.171. The van der Waals surface area contributed by atoms with E-state index in [0.29, 0.717) is 12.0 Å². The minimum atomic E-state index is -0.388. The first kappa shape index (κ1) is 28.7. The summed E-state index contributed by atoms with van der Waals surface area (Å²) in [7, 11) is 0. The molecule has 0 heterocycles. The molecule has 0 spiro atoms. The van der Waals surface area contributed by atoms with E-state index in [0.717, 1.165) is 24.2 Å². The predicted molar refractivity (Wildman–Crippen MR) is 151 cm³/mol. The van der Waals surface area contributed by atoms with Gasteiger partial charge in [-0.2, -0.15) is 0 Å². The number of allylic oxidation sites excluding steroid dienone is 2. The van der Waals surface area contributed by atoms with Crippen LogP contribution >= 0.6 is 0 Å². The van der Waals surface area contributed by atoms with E-state index >= 15 is 0 Å². The van der Waals surface area contributed by atoms with Crippen molar-refractivity contribution in [1.29, 1.82) is 0 Å². The van der Waals surface area contributed by atoms with Gasteiger partial charge < -0.3 is 9.84 Å². The number of unbranched alkanes of at least 4 members (excludes halogenated alkanes) is 2. The van der Waals surface area contributed by atoms with Crippen LogP contribution in [0.1, 0.15) is 108 Å². The molecule has 0 amide bonds.